The Balaban J connectivity index is 1.87. The lowest BCUT2D eigenvalue weighted by atomic mass is 10.0. The van der Waals surface area contributed by atoms with Gasteiger partial charge in [-0.05, 0) is 19.8 Å². The fourth-order valence-corrected chi connectivity index (χ4v) is 2.28. The Labute approximate surface area is 104 Å². The van der Waals surface area contributed by atoms with Crippen molar-refractivity contribution in [2.45, 2.75) is 31.9 Å². The molecule has 2 aromatic rings. The van der Waals surface area contributed by atoms with E-state index in [-0.39, 0.29) is 12.1 Å². The summed E-state index contributed by atoms with van der Waals surface area (Å²) in [5, 5.41) is 3.40. The minimum absolute atomic E-state index is 0.234. The number of nitrogens with one attached hydrogen (secondary N) is 2. The van der Waals surface area contributed by atoms with Gasteiger partial charge in [0, 0.05) is 12.6 Å². The van der Waals surface area contributed by atoms with Crippen molar-refractivity contribution in [3.8, 4) is 0 Å². The lowest BCUT2D eigenvalue weighted by molar-refractivity contribution is 0.0232. The molecule has 7 heteroatoms. The second-order valence-corrected chi connectivity index (χ2v) is 4.58. The number of anilines is 2. The first kappa shape index (κ1) is 11.2. The molecule has 1 fully saturated rings. The van der Waals surface area contributed by atoms with Crippen LogP contribution >= 0.6 is 0 Å². The lowest BCUT2D eigenvalue weighted by Gasteiger charge is -2.28. The van der Waals surface area contributed by atoms with Crippen molar-refractivity contribution in [3.05, 3.63) is 6.33 Å². The Kier molecular flexibility index (Phi) is 2.75. The number of imidazole rings is 1. The van der Waals surface area contributed by atoms with E-state index in [0.29, 0.717) is 17.5 Å². The second-order valence-electron chi connectivity index (χ2n) is 4.58. The molecule has 96 valence electrons. The number of hydrogen-bond acceptors (Lipinski definition) is 6. The molecule has 0 bridgehead atoms. The van der Waals surface area contributed by atoms with E-state index in [4.69, 9.17) is 10.5 Å². The molecule has 1 aliphatic heterocycles. The predicted octanol–water partition coefficient (Wildman–Crippen LogP) is 0.914. The third-order valence-electron chi connectivity index (χ3n) is 3.13. The van der Waals surface area contributed by atoms with Crippen LogP contribution < -0.4 is 11.1 Å². The molecule has 3 heterocycles. The SMILES string of the molecule is CC1CC(Nc2nc(N)nc3nc[nH]c23)CCO1. The summed E-state index contributed by atoms with van der Waals surface area (Å²) in [6.07, 6.45) is 3.78. The van der Waals surface area contributed by atoms with Crippen LogP contribution in [0.1, 0.15) is 19.8 Å². The van der Waals surface area contributed by atoms with Crippen LogP contribution in [0.25, 0.3) is 11.2 Å². The minimum atomic E-state index is 0.234. The smallest absolute Gasteiger partial charge is 0.224 e. The van der Waals surface area contributed by atoms with E-state index in [1.54, 1.807) is 6.33 Å². The molecule has 0 aliphatic carbocycles. The molecule has 2 aromatic heterocycles. The zero-order valence-electron chi connectivity index (χ0n) is 10.2. The van der Waals surface area contributed by atoms with Crippen LogP contribution in [0.2, 0.25) is 0 Å². The average Bonchev–Trinajstić information content (AvgIpc) is 2.77. The number of nitrogens with two attached hydrogens (primary N) is 1. The Morgan fingerprint density at radius 2 is 2.39 bits per heavy atom. The standard InChI is InChI=1S/C11H16N6O/c1-6-4-7(2-3-18-6)15-10-8-9(14-5-13-8)16-11(12)17-10/h5-7H,2-4H2,1H3,(H4,12,13,14,15,16,17). The highest BCUT2D eigenvalue weighted by Crippen LogP contribution is 2.22. The molecule has 0 saturated carbocycles. The molecular formula is C11H16N6O. The van der Waals surface area contributed by atoms with Gasteiger partial charge in [0.2, 0.25) is 5.95 Å². The van der Waals surface area contributed by atoms with Crippen molar-refractivity contribution in [3.63, 3.8) is 0 Å². The van der Waals surface area contributed by atoms with Crippen LogP contribution in [-0.2, 0) is 4.74 Å². The molecule has 0 spiro atoms. The maximum atomic E-state index is 5.68. The quantitative estimate of drug-likeness (QED) is 0.730. The van der Waals surface area contributed by atoms with Gasteiger partial charge in [0.1, 0.15) is 5.52 Å². The fraction of sp³-hybridized carbons (Fsp3) is 0.545. The van der Waals surface area contributed by atoms with E-state index >= 15 is 0 Å². The van der Waals surface area contributed by atoms with Crippen LogP contribution in [-0.4, -0.2) is 38.7 Å². The Morgan fingerprint density at radius 1 is 1.50 bits per heavy atom. The van der Waals surface area contributed by atoms with Crippen LogP contribution in [0.4, 0.5) is 11.8 Å². The van der Waals surface area contributed by atoms with Crippen LogP contribution in [0.15, 0.2) is 6.33 Å². The Morgan fingerprint density at radius 3 is 3.22 bits per heavy atom. The maximum Gasteiger partial charge on any atom is 0.224 e. The third kappa shape index (κ3) is 2.08. The average molecular weight is 248 g/mol. The van der Waals surface area contributed by atoms with Gasteiger partial charge >= 0.3 is 0 Å². The molecule has 3 rings (SSSR count). The summed E-state index contributed by atoms with van der Waals surface area (Å²) < 4.78 is 5.52. The lowest BCUT2D eigenvalue weighted by Crippen LogP contribution is -2.32. The van der Waals surface area contributed by atoms with Gasteiger partial charge in [-0.1, -0.05) is 0 Å². The summed E-state index contributed by atoms with van der Waals surface area (Å²) in [6, 6.07) is 0.342. The van der Waals surface area contributed by atoms with Crippen molar-refractivity contribution in [2.75, 3.05) is 17.7 Å². The van der Waals surface area contributed by atoms with Crippen molar-refractivity contribution >= 4 is 22.9 Å². The number of aromatic amines is 1. The molecule has 18 heavy (non-hydrogen) atoms. The summed E-state index contributed by atoms with van der Waals surface area (Å²) in [4.78, 5) is 15.4. The van der Waals surface area contributed by atoms with Gasteiger partial charge in [-0.15, -0.1) is 0 Å². The number of ether oxygens (including phenoxy) is 1. The summed E-state index contributed by atoms with van der Waals surface area (Å²) in [5.74, 6) is 0.950. The number of hydrogen-bond donors (Lipinski definition) is 3. The van der Waals surface area contributed by atoms with Gasteiger partial charge in [-0.2, -0.15) is 9.97 Å². The molecular weight excluding hydrogens is 232 g/mol. The first-order chi connectivity index (χ1) is 8.72. The number of nitrogen functional groups attached to an aromatic ring is 1. The first-order valence-corrected chi connectivity index (χ1v) is 6.07. The van der Waals surface area contributed by atoms with Crippen molar-refractivity contribution in [1.82, 2.24) is 19.9 Å². The van der Waals surface area contributed by atoms with E-state index in [9.17, 15) is 0 Å². The van der Waals surface area contributed by atoms with Crippen LogP contribution in [0.3, 0.4) is 0 Å². The molecule has 2 unspecified atom stereocenters. The highest BCUT2D eigenvalue weighted by molar-refractivity contribution is 5.83. The molecule has 1 aliphatic rings. The van der Waals surface area contributed by atoms with Gasteiger partial charge in [-0.3, -0.25) is 0 Å². The maximum absolute atomic E-state index is 5.68. The monoisotopic (exact) mass is 248 g/mol. The molecule has 1 saturated heterocycles. The topological polar surface area (TPSA) is 102 Å². The summed E-state index contributed by atoms with van der Waals surface area (Å²) in [7, 11) is 0. The Bertz CT molecular complexity index is 553. The normalized spacial score (nSPS) is 24.3. The predicted molar refractivity (Wildman–Crippen MR) is 68.2 cm³/mol. The minimum Gasteiger partial charge on any atom is -0.378 e. The fourth-order valence-electron chi connectivity index (χ4n) is 2.28. The van der Waals surface area contributed by atoms with Crippen molar-refractivity contribution < 1.29 is 4.74 Å². The van der Waals surface area contributed by atoms with Crippen molar-refractivity contribution in [2.24, 2.45) is 0 Å². The van der Waals surface area contributed by atoms with Gasteiger partial charge < -0.3 is 20.8 Å². The molecule has 0 amide bonds. The number of fused-ring (bicyclic) bond motifs is 1. The van der Waals surface area contributed by atoms with Crippen LogP contribution in [0, 0.1) is 0 Å². The van der Waals surface area contributed by atoms with E-state index in [2.05, 4.69) is 32.2 Å². The summed E-state index contributed by atoms with van der Waals surface area (Å²) in [6.45, 7) is 2.85. The second kappa shape index (κ2) is 4.41. The van der Waals surface area contributed by atoms with Gasteiger partial charge in [-0.25, -0.2) is 4.98 Å². The van der Waals surface area contributed by atoms with E-state index in [0.717, 1.165) is 25.0 Å². The van der Waals surface area contributed by atoms with E-state index in [1.807, 2.05) is 0 Å². The zero-order chi connectivity index (χ0) is 12.5. The summed E-state index contributed by atoms with van der Waals surface area (Å²) >= 11 is 0. The number of aromatic nitrogens is 4. The molecule has 0 radical (unpaired) electrons. The third-order valence-corrected chi connectivity index (χ3v) is 3.13. The molecule has 2 atom stereocenters. The van der Waals surface area contributed by atoms with Crippen LogP contribution in [0.5, 0.6) is 0 Å². The largest absolute Gasteiger partial charge is 0.378 e. The van der Waals surface area contributed by atoms with Gasteiger partial charge in [0.05, 0.1) is 12.4 Å². The van der Waals surface area contributed by atoms with E-state index in [1.165, 1.54) is 0 Å². The van der Waals surface area contributed by atoms with Gasteiger partial charge in [0.15, 0.2) is 11.5 Å². The molecule has 7 nitrogen and oxygen atoms in total. The zero-order valence-corrected chi connectivity index (χ0v) is 10.2. The molecule has 4 N–H and O–H groups in total. The van der Waals surface area contributed by atoms with Crippen molar-refractivity contribution in [1.29, 1.82) is 0 Å². The van der Waals surface area contributed by atoms with E-state index < -0.39 is 0 Å². The van der Waals surface area contributed by atoms with Gasteiger partial charge in [0.25, 0.3) is 0 Å². The number of H-pyrrole nitrogens is 1. The molecule has 0 aromatic carbocycles. The summed E-state index contributed by atoms with van der Waals surface area (Å²) in [5.41, 5.74) is 7.06. The highest BCUT2D eigenvalue weighted by Gasteiger charge is 2.20. The number of nitrogens with zero attached hydrogens (tertiary/aromatic N) is 3. The Hall–Kier alpha value is -1.89. The first-order valence-electron chi connectivity index (χ1n) is 6.07. The number of rotatable bonds is 2. The highest BCUT2D eigenvalue weighted by atomic mass is 16.5.